The molecular formula is C19H12F2N2O2S. The first-order valence-corrected chi connectivity index (χ1v) is 9.34. The summed E-state index contributed by atoms with van der Waals surface area (Å²) >= 11 is 0. The summed E-state index contributed by atoms with van der Waals surface area (Å²) in [7, 11) is -4.04. The lowest BCUT2D eigenvalue weighted by Gasteiger charge is -2.12. The van der Waals surface area contributed by atoms with Gasteiger partial charge in [0.2, 0.25) is 0 Å². The summed E-state index contributed by atoms with van der Waals surface area (Å²) in [5.74, 6) is -2.33. The molecular weight excluding hydrogens is 358 g/mol. The Hall–Kier alpha value is -3.11. The topological polar surface area (TPSA) is 70.8 Å². The van der Waals surface area contributed by atoms with Crippen molar-refractivity contribution < 1.29 is 17.2 Å². The molecule has 0 aliphatic carbocycles. The van der Waals surface area contributed by atoms with Crippen LogP contribution in [0, 0.1) is 23.0 Å². The molecule has 0 atom stereocenters. The van der Waals surface area contributed by atoms with Crippen molar-refractivity contribution in [3.05, 3.63) is 72.1 Å². The van der Waals surface area contributed by atoms with Crippen LogP contribution in [0.15, 0.2) is 59.8 Å². The third-order valence-electron chi connectivity index (χ3n) is 3.80. The molecule has 0 amide bonds. The van der Waals surface area contributed by atoms with Gasteiger partial charge in [0.1, 0.15) is 16.5 Å². The zero-order valence-electron chi connectivity index (χ0n) is 13.6. The number of rotatable bonds is 3. The standard InChI is InChI=1S/C19H12F2N2O2S/c1-26(24,25)19-17(20)8-14(9-18(19)21)16-11-23-6-5-15(16)13-4-2-3-12(7-13)10-22/h2-9,11H,1H3. The van der Waals surface area contributed by atoms with Gasteiger partial charge in [-0.15, -0.1) is 0 Å². The van der Waals surface area contributed by atoms with E-state index in [1.807, 2.05) is 6.07 Å². The van der Waals surface area contributed by atoms with Crippen molar-refractivity contribution in [3.63, 3.8) is 0 Å². The van der Waals surface area contributed by atoms with Crippen LogP contribution in [-0.2, 0) is 9.84 Å². The molecule has 0 saturated heterocycles. The SMILES string of the molecule is CS(=O)(=O)c1c(F)cc(-c2cnccc2-c2cccc(C#N)c2)cc1F. The van der Waals surface area contributed by atoms with Gasteiger partial charge in [-0.25, -0.2) is 17.2 Å². The fraction of sp³-hybridized carbons (Fsp3) is 0.0526. The van der Waals surface area contributed by atoms with E-state index < -0.39 is 26.4 Å². The van der Waals surface area contributed by atoms with Gasteiger partial charge in [0.05, 0.1) is 11.6 Å². The van der Waals surface area contributed by atoms with Crippen molar-refractivity contribution in [2.24, 2.45) is 0 Å². The minimum atomic E-state index is -4.04. The molecule has 3 rings (SSSR count). The molecule has 130 valence electrons. The van der Waals surface area contributed by atoms with Crippen molar-refractivity contribution in [2.45, 2.75) is 4.90 Å². The molecule has 0 aliphatic rings. The van der Waals surface area contributed by atoms with Crippen molar-refractivity contribution in [1.29, 1.82) is 5.26 Å². The molecule has 4 nitrogen and oxygen atoms in total. The molecule has 0 fully saturated rings. The summed E-state index contributed by atoms with van der Waals surface area (Å²) < 4.78 is 51.6. The number of nitrogens with zero attached hydrogens (tertiary/aromatic N) is 2. The second-order valence-corrected chi connectivity index (χ2v) is 7.61. The lowest BCUT2D eigenvalue weighted by atomic mass is 9.95. The van der Waals surface area contributed by atoms with E-state index >= 15 is 0 Å². The predicted molar refractivity (Wildman–Crippen MR) is 92.8 cm³/mol. The number of hydrogen-bond donors (Lipinski definition) is 0. The number of aromatic nitrogens is 1. The number of pyridine rings is 1. The zero-order valence-corrected chi connectivity index (χ0v) is 14.4. The predicted octanol–water partition coefficient (Wildman–Crippen LogP) is 3.97. The van der Waals surface area contributed by atoms with Gasteiger partial charge in [-0.2, -0.15) is 5.26 Å². The Morgan fingerprint density at radius 2 is 1.69 bits per heavy atom. The second-order valence-electron chi connectivity index (χ2n) is 5.66. The average Bonchev–Trinajstić information content (AvgIpc) is 2.60. The Morgan fingerprint density at radius 3 is 2.31 bits per heavy atom. The highest BCUT2D eigenvalue weighted by Crippen LogP contribution is 2.34. The molecule has 0 radical (unpaired) electrons. The van der Waals surface area contributed by atoms with Crippen LogP contribution in [0.4, 0.5) is 8.78 Å². The maximum atomic E-state index is 14.3. The van der Waals surface area contributed by atoms with E-state index in [-0.39, 0.29) is 5.56 Å². The van der Waals surface area contributed by atoms with Crippen LogP contribution in [-0.4, -0.2) is 19.7 Å². The number of halogens is 2. The number of nitriles is 1. The van der Waals surface area contributed by atoms with Crippen molar-refractivity contribution >= 4 is 9.84 Å². The van der Waals surface area contributed by atoms with E-state index in [9.17, 15) is 17.2 Å². The van der Waals surface area contributed by atoms with Crippen LogP contribution in [0.2, 0.25) is 0 Å². The van der Waals surface area contributed by atoms with Gasteiger partial charge < -0.3 is 0 Å². The summed E-state index contributed by atoms with van der Waals surface area (Å²) in [4.78, 5) is 3.03. The molecule has 0 spiro atoms. The summed E-state index contributed by atoms with van der Waals surface area (Å²) in [6, 6.07) is 12.4. The third-order valence-corrected chi connectivity index (χ3v) is 4.94. The molecule has 0 saturated carbocycles. The van der Waals surface area contributed by atoms with E-state index in [1.54, 1.807) is 30.3 Å². The molecule has 7 heteroatoms. The van der Waals surface area contributed by atoms with E-state index in [4.69, 9.17) is 5.26 Å². The molecule has 2 aromatic carbocycles. The highest BCUT2D eigenvalue weighted by atomic mass is 32.2. The lowest BCUT2D eigenvalue weighted by Crippen LogP contribution is -2.05. The van der Waals surface area contributed by atoms with Gasteiger partial charge in [0, 0.05) is 24.2 Å². The quantitative estimate of drug-likeness (QED) is 0.699. The minimum Gasteiger partial charge on any atom is -0.264 e. The summed E-state index contributed by atoms with van der Waals surface area (Å²) in [5, 5.41) is 9.06. The molecule has 26 heavy (non-hydrogen) atoms. The highest BCUT2D eigenvalue weighted by Gasteiger charge is 2.22. The molecule has 0 unspecified atom stereocenters. The second kappa shape index (κ2) is 6.65. The third kappa shape index (κ3) is 3.32. The van der Waals surface area contributed by atoms with Crippen molar-refractivity contribution in [1.82, 2.24) is 4.98 Å². The normalized spacial score (nSPS) is 11.2. The first-order chi connectivity index (χ1) is 12.3. The molecule has 1 aromatic heterocycles. The Labute approximate surface area is 149 Å². The summed E-state index contributed by atoms with van der Waals surface area (Å²) in [6.07, 6.45) is 3.70. The van der Waals surface area contributed by atoms with Gasteiger partial charge in [0.15, 0.2) is 9.84 Å². The fourth-order valence-electron chi connectivity index (χ4n) is 2.70. The summed E-state index contributed by atoms with van der Waals surface area (Å²) in [6.45, 7) is 0. The van der Waals surface area contributed by atoms with E-state index in [0.29, 0.717) is 22.3 Å². The summed E-state index contributed by atoms with van der Waals surface area (Å²) in [5.41, 5.74) is 2.30. The maximum Gasteiger partial charge on any atom is 0.181 e. The Balaban J connectivity index is 2.22. The molecule has 0 aliphatic heterocycles. The van der Waals surface area contributed by atoms with Gasteiger partial charge in [-0.3, -0.25) is 4.98 Å². The minimum absolute atomic E-state index is 0.151. The van der Waals surface area contributed by atoms with E-state index in [2.05, 4.69) is 4.98 Å². The van der Waals surface area contributed by atoms with E-state index in [0.717, 1.165) is 18.4 Å². The largest absolute Gasteiger partial charge is 0.264 e. The van der Waals surface area contributed by atoms with Crippen LogP contribution < -0.4 is 0 Å². The molecule has 1 heterocycles. The van der Waals surface area contributed by atoms with Crippen LogP contribution in [0.25, 0.3) is 22.3 Å². The fourth-order valence-corrected chi connectivity index (χ4v) is 3.53. The number of hydrogen-bond acceptors (Lipinski definition) is 4. The van der Waals surface area contributed by atoms with Crippen LogP contribution >= 0.6 is 0 Å². The Bertz CT molecular complexity index is 1130. The van der Waals surface area contributed by atoms with Gasteiger partial charge in [-0.1, -0.05) is 12.1 Å². The first kappa shape index (κ1) is 17.7. The monoisotopic (exact) mass is 370 g/mol. The van der Waals surface area contributed by atoms with Crippen LogP contribution in [0.1, 0.15) is 5.56 Å². The van der Waals surface area contributed by atoms with Gasteiger partial charge in [-0.05, 0) is 47.0 Å². The van der Waals surface area contributed by atoms with E-state index in [1.165, 1.54) is 12.4 Å². The van der Waals surface area contributed by atoms with Crippen LogP contribution in [0.5, 0.6) is 0 Å². The van der Waals surface area contributed by atoms with Crippen molar-refractivity contribution in [2.75, 3.05) is 6.26 Å². The molecule has 3 aromatic rings. The molecule has 0 N–H and O–H groups in total. The van der Waals surface area contributed by atoms with Crippen molar-refractivity contribution in [3.8, 4) is 28.3 Å². The Morgan fingerprint density at radius 1 is 1.00 bits per heavy atom. The maximum absolute atomic E-state index is 14.3. The Kier molecular flexibility index (Phi) is 4.53. The number of sulfone groups is 1. The lowest BCUT2D eigenvalue weighted by molar-refractivity contribution is 0.522. The van der Waals surface area contributed by atoms with Gasteiger partial charge in [0.25, 0.3) is 0 Å². The smallest absolute Gasteiger partial charge is 0.181 e. The molecule has 0 bridgehead atoms. The number of benzene rings is 2. The highest BCUT2D eigenvalue weighted by molar-refractivity contribution is 7.90. The van der Waals surface area contributed by atoms with Gasteiger partial charge >= 0.3 is 0 Å². The first-order valence-electron chi connectivity index (χ1n) is 7.45. The van der Waals surface area contributed by atoms with Crippen LogP contribution in [0.3, 0.4) is 0 Å². The average molecular weight is 370 g/mol. The zero-order chi connectivity index (χ0) is 18.9.